The van der Waals surface area contributed by atoms with Gasteiger partial charge in [0.1, 0.15) is 18.5 Å². The first kappa shape index (κ1) is 19.5. The minimum Gasteiger partial charge on any atom is -0.491 e. The largest absolute Gasteiger partial charge is 0.491 e. The van der Waals surface area contributed by atoms with Crippen molar-refractivity contribution in [1.82, 2.24) is 4.90 Å². The summed E-state index contributed by atoms with van der Waals surface area (Å²) in [6.45, 7) is 12.4. The van der Waals surface area contributed by atoms with Gasteiger partial charge in [-0.15, -0.1) is 0 Å². The lowest BCUT2D eigenvalue weighted by molar-refractivity contribution is 0.0540. The van der Waals surface area contributed by atoms with E-state index < -0.39 is 6.10 Å². The summed E-state index contributed by atoms with van der Waals surface area (Å²) in [5, 5.41) is 10.4. The van der Waals surface area contributed by atoms with Crippen LogP contribution in [0.2, 0.25) is 0 Å². The summed E-state index contributed by atoms with van der Waals surface area (Å²) in [7, 11) is 0. The molecule has 1 N–H and O–H groups in total. The van der Waals surface area contributed by atoms with Crippen LogP contribution in [0.3, 0.4) is 0 Å². The van der Waals surface area contributed by atoms with Crippen molar-refractivity contribution >= 4 is 0 Å². The molecule has 0 aliphatic carbocycles. The third-order valence-corrected chi connectivity index (χ3v) is 4.57. The molecule has 3 heteroatoms. The van der Waals surface area contributed by atoms with Gasteiger partial charge in [0.05, 0.1) is 0 Å². The zero-order valence-electron chi connectivity index (χ0n) is 16.1. The van der Waals surface area contributed by atoms with E-state index in [1.165, 1.54) is 16.7 Å². The van der Waals surface area contributed by atoms with Crippen LogP contribution in [0.5, 0.6) is 5.75 Å². The Morgan fingerprint density at radius 3 is 2.36 bits per heavy atom. The lowest BCUT2D eigenvalue weighted by Crippen LogP contribution is -2.39. The normalized spacial score (nSPS) is 12.6. The number of aliphatic hydroxyl groups excluding tert-OH is 1. The maximum Gasteiger partial charge on any atom is 0.122 e. The highest BCUT2D eigenvalue weighted by atomic mass is 16.5. The van der Waals surface area contributed by atoms with Crippen molar-refractivity contribution in [3.05, 3.63) is 64.7 Å². The molecular formula is C22H31NO2. The molecule has 0 amide bonds. The third-order valence-electron chi connectivity index (χ3n) is 4.57. The summed E-state index contributed by atoms with van der Waals surface area (Å²) in [4.78, 5) is 2.30. The fraction of sp³-hybridized carbons (Fsp3) is 0.455. The number of rotatable bonds is 8. The summed E-state index contributed by atoms with van der Waals surface area (Å²) in [5.41, 5.74) is 4.98. The lowest BCUT2D eigenvalue weighted by atomic mass is 10.0. The number of hydrogen-bond donors (Lipinski definition) is 1. The van der Waals surface area contributed by atoms with Gasteiger partial charge in [-0.05, 0) is 57.4 Å². The first-order valence-electron chi connectivity index (χ1n) is 9.03. The Labute approximate surface area is 152 Å². The number of para-hydroxylation sites is 1. The molecule has 0 aromatic heterocycles. The fourth-order valence-corrected chi connectivity index (χ4v) is 2.93. The van der Waals surface area contributed by atoms with E-state index in [-0.39, 0.29) is 0 Å². The van der Waals surface area contributed by atoms with Crippen molar-refractivity contribution in [1.29, 1.82) is 0 Å². The molecule has 0 saturated heterocycles. The van der Waals surface area contributed by atoms with Gasteiger partial charge in [-0.3, -0.25) is 4.90 Å². The second-order valence-electron chi connectivity index (χ2n) is 7.18. The van der Waals surface area contributed by atoms with E-state index in [1.54, 1.807) is 0 Å². The summed E-state index contributed by atoms with van der Waals surface area (Å²) in [6.07, 6.45) is -0.521. The number of aryl methyl sites for hydroxylation is 3. The van der Waals surface area contributed by atoms with Crippen molar-refractivity contribution in [3.63, 3.8) is 0 Å². The Balaban J connectivity index is 1.95. The van der Waals surface area contributed by atoms with Gasteiger partial charge < -0.3 is 9.84 Å². The molecule has 2 aromatic carbocycles. The molecular weight excluding hydrogens is 310 g/mol. The molecule has 0 fully saturated rings. The van der Waals surface area contributed by atoms with E-state index in [2.05, 4.69) is 50.8 Å². The van der Waals surface area contributed by atoms with Crippen molar-refractivity contribution in [3.8, 4) is 5.75 Å². The fourth-order valence-electron chi connectivity index (χ4n) is 2.93. The molecule has 2 aromatic rings. The van der Waals surface area contributed by atoms with Crippen LogP contribution in [0.1, 0.15) is 36.1 Å². The van der Waals surface area contributed by atoms with Crippen molar-refractivity contribution in [2.45, 2.75) is 53.3 Å². The molecule has 0 saturated carbocycles. The van der Waals surface area contributed by atoms with Gasteiger partial charge in [-0.25, -0.2) is 0 Å². The zero-order chi connectivity index (χ0) is 18.4. The topological polar surface area (TPSA) is 32.7 Å². The molecule has 1 unspecified atom stereocenters. The Hall–Kier alpha value is -1.84. The standard InChI is InChI=1S/C22H31NO2/c1-16(2)23(13-20-11-10-17(3)12-19(20)5)14-21(24)15-25-22-9-7-6-8-18(22)4/h6-12,16,21,24H,13-15H2,1-5H3. The van der Waals surface area contributed by atoms with Crippen molar-refractivity contribution in [2.24, 2.45) is 0 Å². The van der Waals surface area contributed by atoms with E-state index in [9.17, 15) is 5.11 Å². The zero-order valence-corrected chi connectivity index (χ0v) is 16.1. The Morgan fingerprint density at radius 1 is 1.00 bits per heavy atom. The summed E-state index contributed by atoms with van der Waals surface area (Å²) >= 11 is 0. The number of ether oxygens (including phenoxy) is 1. The number of aliphatic hydroxyl groups is 1. The van der Waals surface area contributed by atoms with Gasteiger partial charge in [0, 0.05) is 19.1 Å². The van der Waals surface area contributed by atoms with Crippen LogP contribution >= 0.6 is 0 Å². The molecule has 25 heavy (non-hydrogen) atoms. The molecule has 0 aliphatic rings. The van der Waals surface area contributed by atoms with Crippen LogP contribution in [-0.4, -0.2) is 35.3 Å². The van der Waals surface area contributed by atoms with Gasteiger partial charge in [0.15, 0.2) is 0 Å². The quantitative estimate of drug-likeness (QED) is 0.778. The van der Waals surface area contributed by atoms with Crippen LogP contribution < -0.4 is 4.74 Å². The number of hydrogen-bond acceptors (Lipinski definition) is 3. The van der Waals surface area contributed by atoms with Crippen LogP contribution in [0.25, 0.3) is 0 Å². The summed E-state index contributed by atoms with van der Waals surface area (Å²) < 4.78 is 5.79. The minimum absolute atomic E-state index is 0.307. The Kier molecular flexibility index (Phi) is 7.03. The first-order chi connectivity index (χ1) is 11.9. The van der Waals surface area contributed by atoms with E-state index in [1.807, 2.05) is 31.2 Å². The average Bonchev–Trinajstić information content (AvgIpc) is 2.55. The minimum atomic E-state index is -0.521. The van der Waals surface area contributed by atoms with Crippen molar-refractivity contribution < 1.29 is 9.84 Å². The summed E-state index contributed by atoms with van der Waals surface area (Å²) in [6, 6.07) is 14.8. The lowest BCUT2D eigenvalue weighted by Gasteiger charge is -2.29. The molecule has 3 nitrogen and oxygen atoms in total. The highest BCUT2D eigenvalue weighted by Crippen LogP contribution is 2.18. The third kappa shape index (κ3) is 5.87. The highest BCUT2D eigenvalue weighted by molar-refractivity contribution is 5.32. The number of nitrogens with zero attached hydrogens (tertiary/aromatic N) is 1. The van der Waals surface area contributed by atoms with E-state index in [0.717, 1.165) is 17.9 Å². The van der Waals surface area contributed by atoms with E-state index in [0.29, 0.717) is 19.2 Å². The molecule has 136 valence electrons. The molecule has 0 aliphatic heterocycles. The van der Waals surface area contributed by atoms with Crippen LogP contribution in [0.15, 0.2) is 42.5 Å². The van der Waals surface area contributed by atoms with Gasteiger partial charge in [0.25, 0.3) is 0 Å². The second-order valence-corrected chi connectivity index (χ2v) is 7.18. The van der Waals surface area contributed by atoms with E-state index >= 15 is 0 Å². The number of benzene rings is 2. The van der Waals surface area contributed by atoms with Crippen LogP contribution in [-0.2, 0) is 6.54 Å². The SMILES string of the molecule is Cc1ccc(CN(CC(O)COc2ccccc2C)C(C)C)c(C)c1. The Morgan fingerprint density at radius 2 is 1.72 bits per heavy atom. The van der Waals surface area contributed by atoms with Crippen LogP contribution in [0.4, 0.5) is 0 Å². The maximum absolute atomic E-state index is 10.4. The first-order valence-corrected chi connectivity index (χ1v) is 9.03. The maximum atomic E-state index is 10.4. The molecule has 0 bridgehead atoms. The highest BCUT2D eigenvalue weighted by Gasteiger charge is 2.17. The molecule has 1 atom stereocenters. The molecule has 2 rings (SSSR count). The van der Waals surface area contributed by atoms with Gasteiger partial charge in [0.2, 0.25) is 0 Å². The monoisotopic (exact) mass is 341 g/mol. The van der Waals surface area contributed by atoms with E-state index in [4.69, 9.17) is 4.74 Å². The predicted molar refractivity (Wildman–Crippen MR) is 104 cm³/mol. The Bertz CT molecular complexity index is 681. The molecule has 0 heterocycles. The van der Waals surface area contributed by atoms with Crippen molar-refractivity contribution in [2.75, 3.05) is 13.2 Å². The molecule has 0 spiro atoms. The predicted octanol–water partition coefficient (Wildman–Crippen LogP) is 4.26. The molecule has 0 radical (unpaired) electrons. The summed E-state index contributed by atoms with van der Waals surface area (Å²) in [5.74, 6) is 0.840. The smallest absolute Gasteiger partial charge is 0.122 e. The average molecular weight is 341 g/mol. The van der Waals surface area contributed by atoms with Crippen LogP contribution in [0, 0.1) is 20.8 Å². The van der Waals surface area contributed by atoms with Gasteiger partial charge >= 0.3 is 0 Å². The second kappa shape index (κ2) is 9.02. The van der Waals surface area contributed by atoms with Gasteiger partial charge in [-0.2, -0.15) is 0 Å². The van der Waals surface area contributed by atoms with Gasteiger partial charge in [-0.1, -0.05) is 42.0 Å².